The quantitative estimate of drug-likeness (QED) is 0.372. The van der Waals surface area contributed by atoms with Gasteiger partial charge < -0.3 is 19.8 Å². The van der Waals surface area contributed by atoms with Crippen molar-refractivity contribution in [1.29, 1.82) is 0 Å². The molecular formula is C26H26N2O3. The maximum atomic E-state index is 12.0. The number of rotatable bonds is 7. The van der Waals surface area contributed by atoms with Crippen LogP contribution in [0.3, 0.4) is 0 Å². The van der Waals surface area contributed by atoms with E-state index < -0.39 is 0 Å². The van der Waals surface area contributed by atoms with Crippen molar-refractivity contribution in [2.24, 2.45) is 0 Å². The molecule has 0 saturated carbocycles. The van der Waals surface area contributed by atoms with Crippen LogP contribution in [0.25, 0.3) is 10.9 Å². The molecule has 5 heteroatoms. The van der Waals surface area contributed by atoms with Crippen LogP contribution in [-0.4, -0.2) is 24.7 Å². The molecule has 0 spiro atoms. The predicted octanol–water partition coefficient (Wildman–Crippen LogP) is 5.86. The van der Waals surface area contributed by atoms with E-state index >= 15 is 0 Å². The lowest BCUT2D eigenvalue weighted by Gasteiger charge is -2.23. The predicted molar refractivity (Wildman–Crippen MR) is 124 cm³/mol. The maximum absolute atomic E-state index is 12.0. The van der Waals surface area contributed by atoms with Crippen molar-refractivity contribution in [2.75, 3.05) is 19.0 Å². The van der Waals surface area contributed by atoms with Crippen molar-refractivity contribution in [3.63, 3.8) is 0 Å². The lowest BCUT2D eigenvalue weighted by Crippen LogP contribution is -2.14. The molecule has 0 saturated heterocycles. The molecule has 4 aromatic rings. The van der Waals surface area contributed by atoms with Crippen LogP contribution in [0.1, 0.15) is 40.1 Å². The van der Waals surface area contributed by atoms with Gasteiger partial charge in [0.25, 0.3) is 0 Å². The summed E-state index contributed by atoms with van der Waals surface area (Å²) in [5.41, 5.74) is 5.81. The normalized spacial score (nSPS) is 11.8. The van der Waals surface area contributed by atoms with Gasteiger partial charge in [-0.25, -0.2) is 4.79 Å². The fourth-order valence-electron chi connectivity index (χ4n) is 3.96. The van der Waals surface area contributed by atoms with Gasteiger partial charge in [0.1, 0.15) is 5.75 Å². The second-order valence-corrected chi connectivity index (χ2v) is 7.33. The van der Waals surface area contributed by atoms with E-state index in [-0.39, 0.29) is 12.0 Å². The number of carbonyl (C=O) groups is 1. The number of hydrogen-bond donors (Lipinski definition) is 2. The van der Waals surface area contributed by atoms with Crippen LogP contribution in [0.5, 0.6) is 5.75 Å². The number of methoxy groups -OCH3 is 1. The minimum absolute atomic E-state index is 0.152. The molecule has 1 heterocycles. The number of nitrogens with one attached hydrogen (secondary N) is 2. The molecule has 0 bridgehead atoms. The zero-order chi connectivity index (χ0) is 21.8. The third-order valence-corrected chi connectivity index (χ3v) is 5.39. The smallest absolute Gasteiger partial charge is 0.338 e. The second-order valence-electron chi connectivity index (χ2n) is 7.33. The van der Waals surface area contributed by atoms with Crippen LogP contribution in [0.4, 0.5) is 5.69 Å². The SMILES string of the molecule is CCOC(=O)c1ccc(N[C@@H](c2ccccc2OC)c2c(C)[nH]c3ccccc23)cc1. The molecule has 0 aliphatic carbocycles. The van der Waals surface area contributed by atoms with Gasteiger partial charge >= 0.3 is 5.97 Å². The number of ether oxygens (including phenoxy) is 2. The number of H-pyrrole nitrogens is 1. The Morgan fingerprint density at radius 2 is 1.71 bits per heavy atom. The average Bonchev–Trinajstić information content (AvgIpc) is 3.13. The second kappa shape index (κ2) is 8.96. The molecule has 1 atom stereocenters. The van der Waals surface area contributed by atoms with E-state index in [1.807, 2.05) is 42.5 Å². The zero-order valence-electron chi connectivity index (χ0n) is 17.9. The maximum Gasteiger partial charge on any atom is 0.338 e. The monoisotopic (exact) mass is 414 g/mol. The number of fused-ring (bicyclic) bond motifs is 1. The van der Waals surface area contributed by atoms with Gasteiger partial charge in [-0.15, -0.1) is 0 Å². The third kappa shape index (κ3) is 4.12. The van der Waals surface area contributed by atoms with Crippen molar-refractivity contribution in [2.45, 2.75) is 19.9 Å². The highest BCUT2D eigenvalue weighted by atomic mass is 16.5. The van der Waals surface area contributed by atoms with Gasteiger partial charge in [-0.1, -0.05) is 36.4 Å². The van der Waals surface area contributed by atoms with Crippen LogP contribution >= 0.6 is 0 Å². The molecule has 0 aliphatic heterocycles. The molecule has 31 heavy (non-hydrogen) atoms. The first-order chi connectivity index (χ1) is 15.1. The van der Waals surface area contributed by atoms with Gasteiger partial charge in [0.15, 0.2) is 0 Å². The summed E-state index contributed by atoms with van der Waals surface area (Å²) < 4.78 is 10.8. The highest BCUT2D eigenvalue weighted by Crippen LogP contribution is 2.38. The first-order valence-corrected chi connectivity index (χ1v) is 10.4. The first-order valence-electron chi connectivity index (χ1n) is 10.4. The van der Waals surface area contributed by atoms with Crippen molar-refractivity contribution in [3.05, 3.63) is 95.2 Å². The molecular weight excluding hydrogens is 388 g/mol. The Kier molecular flexibility index (Phi) is 5.94. The Hall–Kier alpha value is -3.73. The summed E-state index contributed by atoms with van der Waals surface area (Å²) in [6.07, 6.45) is 0. The molecule has 0 radical (unpaired) electrons. The van der Waals surface area contributed by atoms with Gasteiger partial charge in [0, 0.05) is 33.4 Å². The Bertz CT molecular complexity index is 1190. The number of aromatic amines is 1. The summed E-state index contributed by atoms with van der Waals surface area (Å²) in [5.74, 6) is 0.496. The van der Waals surface area contributed by atoms with Gasteiger partial charge in [-0.3, -0.25) is 0 Å². The first kappa shape index (κ1) is 20.5. The summed E-state index contributed by atoms with van der Waals surface area (Å²) in [5, 5.41) is 4.81. The lowest BCUT2D eigenvalue weighted by atomic mass is 9.94. The van der Waals surface area contributed by atoms with Crippen molar-refractivity contribution >= 4 is 22.6 Å². The number of hydrogen-bond acceptors (Lipinski definition) is 4. The van der Waals surface area contributed by atoms with E-state index in [1.165, 1.54) is 0 Å². The van der Waals surface area contributed by atoms with Crippen molar-refractivity contribution < 1.29 is 14.3 Å². The minimum atomic E-state index is -0.317. The van der Waals surface area contributed by atoms with E-state index in [0.717, 1.165) is 39.2 Å². The van der Waals surface area contributed by atoms with Crippen LogP contribution in [0.15, 0.2) is 72.8 Å². The molecule has 0 unspecified atom stereocenters. The lowest BCUT2D eigenvalue weighted by molar-refractivity contribution is 0.0526. The molecule has 0 amide bonds. The molecule has 158 valence electrons. The Labute approximate surface area is 182 Å². The van der Waals surface area contributed by atoms with E-state index in [0.29, 0.717) is 12.2 Å². The minimum Gasteiger partial charge on any atom is -0.496 e. The number of aryl methyl sites for hydroxylation is 1. The summed E-state index contributed by atoms with van der Waals surface area (Å²) >= 11 is 0. The number of esters is 1. The van der Waals surface area contributed by atoms with Crippen molar-refractivity contribution in [1.82, 2.24) is 4.98 Å². The highest BCUT2D eigenvalue weighted by molar-refractivity contribution is 5.90. The molecule has 4 rings (SSSR count). The van der Waals surface area contributed by atoms with Gasteiger partial charge in [-0.2, -0.15) is 0 Å². The zero-order valence-corrected chi connectivity index (χ0v) is 17.9. The fourth-order valence-corrected chi connectivity index (χ4v) is 3.96. The van der Waals surface area contributed by atoms with Crippen LogP contribution in [0, 0.1) is 6.92 Å². The summed E-state index contributed by atoms with van der Waals surface area (Å²) in [6, 6.07) is 23.5. The van der Waals surface area contributed by atoms with Crippen molar-refractivity contribution in [3.8, 4) is 5.75 Å². The molecule has 0 aliphatic rings. The summed E-state index contributed by atoms with van der Waals surface area (Å²) in [4.78, 5) is 15.5. The molecule has 5 nitrogen and oxygen atoms in total. The van der Waals surface area contributed by atoms with Crippen LogP contribution in [0.2, 0.25) is 0 Å². The average molecular weight is 415 g/mol. The van der Waals surface area contributed by atoms with E-state index in [9.17, 15) is 4.79 Å². The van der Waals surface area contributed by atoms with E-state index in [4.69, 9.17) is 9.47 Å². The summed E-state index contributed by atoms with van der Waals surface area (Å²) in [6.45, 7) is 4.24. The third-order valence-electron chi connectivity index (χ3n) is 5.39. The number of anilines is 1. The molecule has 3 aromatic carbocycles. The van der Waals surface area contributed by atoms with E-state index in [1.54, 1.807) is 26.2 Å². The number of para-hydroxylation sites is 2. The fraction of sp³-hybridized carbons (Fsp3) is 0.192. The molecule has 2 N–H and O–H groups in total. The Balaban J connectivity index is 1.78. The topological polar surface area (TPSA) is 63.4 Å². The summed E-state index contributed by atoms with van der Waals surface area (Å²) in [7, 11) is 1.69. The standard InChI is InChI=1S/C26H26N2O3/c1-4-31-26(29)18-13-15-19(16-14-18)28-25(21-10-6-8-12-23(21)30-3)24-17(2)27-22-11-7-5-9-20(22)24/h5-16,25,27-28H,4H2,1-3H3/t25-/m0/s1. The Morgan fingerprint density at radius 1 is 1.00 bits per heavy atom. The molecule has 1 aromatic heterocycles. The number of benzene rings is 3. The highest BCUT2D eigenvalue weighted by Gasteiger charge is 2.23. The number of aromatic nitrogens is 1. The van der Waals surface area contributed by atoms with Gasteiger partial charge in [0.05, 0.1) is 25.3 Å². The van der Waals surface area contributed by atoms with Gasteiger partial charge in [0.2, 0.25) is 0 Å². The molecule has 0 fully saturated rings. The van der Waals surface area contributed by atoms with Crippen LogP contribution < -0.4 is 10.1 Å². The largest absolute Gasteiger partial charge is 0.496 e. The van der Waals surface area contributed by atoms with Crippen LogP contribution in [-0.2, 0) is 4.74 Å². The van der Waals surface area contributed by atoms with E-state index in [2.05, 4.69) is 35.4 Å². The number of carbonyl (C=O) groups excluding carboxylic acids is 1. The Morgan fingerprint density at radius 3 is 2.45 bits per heavy atom. The van der Waals surface area contributed by atoms with Gasteiger partial charge in [-0.05, 0) is 50.2 Å².